The van der Waals surface area contributed by atoms with Crippen molar-refractivity contribution < 1.29 is 13.2 Å². The molecule has 6 nitrogen and oxygen atoms in total. The molecule has 2 aromatic rings. The molecule has 1 heterocycles. The Balaban J connectivity index is 1.74. The number of amides is 1. The highest BCUT2D eigenvalue weighted by atomic mass is 32.2. The van der Waals surface area contributed by atoms with Crippen molar-refractivity contribution in [3.8, 4) is 0 Å². The van der Waals surface area contributed by atoms with Crippen LogP contribution in [0, 0.1) is 19.8 Å². The molecule has 1 atom stereocenters. The summed E-state index contributed by atoms with van der Waals surface area (Å²) in [6, 6.07) is 12.1. The van der Waals surface area contributed by atoms with Crippen molar-refractivity contribution in [2.24, 2.45) is 5.92 Å². The highest BCUT2D eigenvalue weighted by molar-refractivity contribution is 7.89. The van der Waals surface area contributed by atoms with Crippen molar-refractivity contribution in [3.63, 3.8) is 0 Å². The predicted octanol–water partition coefficient (Wildman–Crippen LogP) is 2.93. The predicted molar refractivity (Wildman–Crippen MR) is 107 cm³/mol. The third-order valence-corrected chi connectivity index (χ3v) is 6.81. The van der Waals surface area contributed by atoms with Crippen molar-refractivity contribution in [3.05, 3.63) is 53.6 Å². The molecule has 1 fully saturated rings. The quantitative estimate of drug-likeness (QED) is 0.789. The average Bonchev–Trinajstić information content (AvgIpc) is 2.65. The molecule has 1 aliphatic rings. The zero-order chi connectivity index (χ0) is 19.6. The number of aryl methyl sites for hydroxylation is 2. The minimum absolute atomic E-state index is 0.174. The van der Waals surface area contributed by atoms with E-state index in [1.54, 1.807) is 36.4 Å². The third kappa shape index (κ3) is 4.31. The van der Waals surface area contributed by atoms with Crippen LogP contribution >= 0.6 is 0 Å². The van der Waals surface area contributed by atoms with Crippen molar-refractivity contribution in [2.45, 2.75) is 31.6 Å². The first kappa shape index (κ1) is 19.4. The Labute approximate surface area is 160 Å². The fourth-order valence-electron chi connectivity index (χ4n) is 3.24. The standard InChI is InChI=1S/C20H25N3O3S/c1-14-5-9-18(10-6-14)27(25,26)23-11-3-4-16(13-23)20(24)22-19-12-17(21)8-7-15(19)2/h5-10,12,16H,3-4,11,13,21H2,1-2H3,(H,22,24). The normalized spacial score (nSPS) is 18.2. The van der Waals surface area contributed by atoms with E-state index in [1.165, 1.54) is 4.31 Å². The van der Waals surface area contributed by atoms with E-state index in [-0.39, 0.29) is 23.3 Å². The van der Waals surface area contributed by atoms with E-state index >= 15 is 0 Å². The number of hydrogen-bond donors (Lipinski definition) is 2. The molecule has 0 radical (unpaired) electrons. The number of carbonyl (C=O) groups excluding carboxylic acids is 1. The molecular formula is C20H25N3O3S. The van der Waals surface area contributed by atoms with Crippen molar-refractivity contribution in [2.75, 3.05) is 24.1 Å². The van der Waals surface area contributed by atoms with Gasteiger partial charge in [-0.05, 0) is 56.5 Å². The van der Waals surface area contributed by atoms with Crippen molar-refractivity contribution in [1.29, 1.82) is 0 Å². The minimum Gasteiger partial charge on any atom is -0.399 e. The molecule has 3 N–H and O–H groups in total. The van der Waals surface area contributed by atoms with E-state index < -0.39 is 10.0 Å². The molecule has 3 rings (SSSR count). The lowest BCUT2D eigenvalue weighted by Crippen LogP contribution is -2.43. The number of nitrogens with zero attached hydrogens (tertiary/aromatic N) is 1. The Morgan fingerprint density at radius 2 is 1.85 bits per heavy atom. The van der Waals surface area contributed by atoms with E-state index in [2.05, 4.69) is 5.32 Å². The number of nitrogens with one attached hydrogen (secondary N) is 1. The number of sulfonamides is 1. The van der Waals surface area contributed by atoms with Gasteiger partial charge in [-0.15, -0.1) is 0 Å². The molecule has 0 saturated carbocycles. The summed E-state index contributed by atoms with van der Waals surface area (Å²) in [4.78, 5) is 13.0. The second kappa shape index (κ2) is 7.70. The van der Waals surface area contributed by atoms with Gasteiger partial charge in [-0.1, -0.05) is 23.8 Å². The maximum absolute atomic E-state index is 12.9. The Morgan fingerprint density at radius 3 is 2.56 bits per heavy atom. The summed E-state index contributed by atoms with van der Waals surface area (Å²) in [5.41, 5.74) is 8.95. The highest BCUT2D eigenvalue weighted by Gasteiger charge is 2.33. The van der Waals surface area contributed by atoms with Gasteiger partial charge in [0.15, 0.2) is 0 Å². The second-order valence-corrected chi connectivity index (χ2v) is 9.02. The largest absolute Gasteiger partial charge is 0.399 e. The van der Waals surface area contributed by atoms with Crippen LogP contribution in [0.4, 0.5) is 11.4 Å². The summed E-state index contributed by atoms with van der Waals surface area (Å²) in [6.45, 7) is 4.42. The summed E-state index contributed by atoms with van der Waals surface area (Å²) >= 11 is 0. The van der Waals surface area contributed by atoms with E-state index in [4.69, 9.17) is 5.73 Å². The van der Waals surface area contributed by atoms with Crippen molar-refractivity contribution >= 4 is 27.3 Å². The minimum atomic E-state index is -3.60. The second-order valence-electron chi connectivity index (χ2n) is 7.08. The molecule has 2 aromatic carbocycles. The zero-order valence-corrected chi connectivity index (χ0v) is 16.4. The SMILES string of the molecule is Cc1ccc(S(=O)(=O)N2CCCC(C(=O)Nc3cc(N)ccc3C)C2)cc1. The Kier molecular flexibility index (Phi) is 5.53. The Bertz CT molecular complexity index is 939. The van der Waals surface area contributed by atoms with E-state index in [1.807, 2.05) is 19.9 Å². The highest BCUT2D eigenvalue weighted by Crippen LogP contribution is 2.26. The molecule has 1 saturated heterocycles. The lowest BCUT2D eigenvalue weighted by Gasteiger charge is -2.31. The number of carbonyl (C=O) groups is 1. The van der Waals surface area contributed by atoms with Gasteiger partial charge in [-0.3, -0.25) is 4.79 Å². The number of hydrogen-bond acceptors (Lipinski definition) is 4. The Hall–Kier alpha value is -2.38. The van der Waals surface area contributed by atoms with Crippen LogP contribution in [0.1, 0.15) is 24.0 Å². The first-order chi connectivity index (χ1) is 12.8. The molecule has 7 heteroatoms. The first-order valence-corrected chi connectivity index (χ1v) is 10.4. The molecule has 1 amide bonds. The van der Waals surface area contributed by atoms with Gasteiger partial charge >= 0.3 is 0 Å². The van der Waals surface area contributed by atoms with Crippen LogP contribution in [0.15, 0.2) is 47.4 Å². The van der Waals surface area contributed by atoms with Crippen LogP contribution in [0.25, 0.3) is 0 Å². The summed E-state index contributed by atoms with van der Waals surface area (Å²) in [6.07, 6.45) is 1.31. The smallest absolute Gasteiger partial charge is 0.243 e. The van der Waals surface area contributed by atoms with Gasteiger partial charge in [0.25, 0.3) is 0 Å². The number of nitrogens with two attached hydrogens (primary N) is 1. The van der Waals surface area contributed by atoms with Gasteiger partial charge in [-0.25, -0.2) is 8.42 Å². The van der Waals surface area contributed by atoms with Crippen LogP contribution in [0.3, 0.4) is 0 Å². The summed E-state index contributed by atoms with van der Waals surface area (Å²) in [5, 5.41) is 2.90. The molecule has 0 aliphatic carbocycles. The fraction of sp³-hybridized carbons (Fsp3) is 0.350. The monoisotopic (exact) mass is 387 g/mol. The van der Waals surface area contributed by atoms with Gasteiger partial charge < -0.3 is 11.1 Å². The first-order valence-electron chi connectivity index (χ1n) is 9.01. The lowest BCUT2D eigenvalue weighted by molar-refractivity contribution is -0.120. The van der Waals surface area contributed by atoms with Crippen LogP contribution in [-0.2, 0) is 14.8 Å². The fourth-order valence-corrected chi connectivity index (χ4v) is 4.77. The van der Waals surface area contributed by atoms with Gasteiger partial charge in [-0.2, -0.15) is 4.31 Å². The topological polar surface area (TPSA) is 92.5 Å². The van der Waals surface area contributed by atoms with E-state index in [0.717, 1.165) is 11.1 Å². The van der Waals surface area contributed by atoms with Crippen LogP contribution in [0.5, 0.6) is 0 Å². The molecule has 27 heavy (non-hydrogen) atoms. The van der Waals surface area contributed by atoms with Crippen LogP contribution in [-0.4, -0.2) is 31.7 Å². The molecular weight excluding hydrogens is 362 g/mol. The number of rotatable bonds is 4. The Morgan fingerprint density at radius 1 is 1.15 bits per heavy atom. The number of benzene rings is 2. The summed E-state index contributed by atoms with van der Waals surface area (Å²) in [7, 11) is -3.60. The molecule has 0 bridgehead atoms. The number of nitrogen functional groups attached to an aromatic ring is 1. The van der Waals surface area contributed by atoms with Crippen molar-refractivity contribution in [1.82, 2.24) is 4.31 Å². The van der Waals surface area contributed by atoms with Crippen LogP contribution in [0.2, 0.25) is 0 Å². The van der Waals surface area contributed by atoms with E-state index in [9.17, 15) is 13.2 Å². The molecule has 0 aromatic heterocycles. The van der Waals surface area contributed by atoms with E-state index in [0.29, 0.717) is 30.8 Å². The average molecular weight is 388 g/mol. The maximum atomic E-state index is 12.9. The molecule has 144 valence electrons. The number of piperidine rings is 1. The molecule has 1 unspecified atom stereocenters. The zero-order valence-electron chi connectivity index (χ0n) is 15.6. The maximum Gasteiger partial charge on any atom is 0.243 e. The van der Waals surface area contributed by atoms with Gasteiger partial charge in [0.05, 0.1) is 10.8 Å². The van der Waals surface area contributed by atoms with Gasteiger partial charge in [0.1, 0.15) is 0 Å². The number of anilines is 2. The van der Waals surface area contributed by atoms with Gasteiger partial charge in [0, 0.05) is 24.5 Å². The summed E-state index contributed by atoms with van der Waals surface area (Å²) in [5.74, 6) is -0.563. The lowest BCUT2D eigenvalue weighted by atomic mass is 9.98. The third-order valence-electron chi connectivity index (χ3n) is 4.93. The van der Waals surface area contributed by atoms with Crippen LogP contribution < -0.4 is 11.1 Å². The molecule has 0 spiro atoms. The van der Waals surface area contributed by atoms with Gasteiger partial charge in [0.2, 0.25) is 15.9 Å². The summed E-state index contributed by atoms with van der Waals surface area (Å²) < 4.78 is 27.2. The molecule has 1 aliphatic heterocycles.